The molecule has 2 aliphatic rings. The molecule has 0 aromatic rings. The number of piperidine rings is 1. The van der Waals surface area contributed by atoms with Crippen molar-refractivity contribution in [2.75, 3.05) is 46.3 Å². The van der Waals surface area contributed by atoms with Crippen LogP contribution in [-0.2, 0) is 0 Å². The fourth-order valence-electron chi connectivity index (χ4n) is 3.33. The zero-order chi connectivity index (χ0) is 13.2. The molecule has 3 heteroatoms. The fraction of sp³-hybridized carbons (Fsp3) is 1.00. The SMILES string of the molecule is CN1CCC(N2CCCN(C(C)(C)C)CC2)CC1. The average Bonchev–Trinajstić information content (AvgIpc) is 2.55. The molecule has 2 aliphatic heterocycles. The van der Waals surface area contributed by atoms with Crippen molar-refractivity contribution in [3.05, 3.63) is 0 Å². The summed E-state index contributed by atoms with van der Waals surface area (Å²) in [6, 6.07) is 0.848. The maximum atomic E-state index is 2.76. The Morgan fingerprint density at radius 1 is 0.833 bits per heavy atom. The van der Waals surface area contributed by atoms with E-state index in [1.54, 1.807) is 0 Å². The van der Waals surface area contributed by atoms with E-state index in [4.69, 9.17) is 0 Å². The molecule has 0 aromatic carbocycles. The minimum Gasteiger partial charge on any atom is -0.306 e. The van der Waals surface area contributed by atoms with E-state index in [-0.39, 0.29) is 0 Å². The maximum absolute atomic E-state index is 2.76. The highest BCUT2D eigenvalue weighted by molar-refractivity contribution is 4.84. The summed E-state index contributed by atoms with van der Waals surface area (Å²) < 4.78 is 0. The Balaban J connectivity index is 1.85. The second kappa shape index (κ2) is 5.89. The minimum absolute atomic E-state index is 0.336. The van der Waals surface area contributed by atoms with Crippen LogP contribution in [0.1, 0.15) is 40.0 Å². The predicted molar refractivity (Wildman–Crippen MR) is 78.0 cm³/mol. The van der Waals surface area contributed by atoms with Gasteiger partial charge in [0, 0.05) is 24.7 Å². The summed E-state index contributed by atoms with van der Waals surface area (Å²) in [5.74, 6) is 0. The molecule has 2 heterocycles. The third-order valence-corrected chi connectivity index (χ3v) is 4.68. The smallest absolute Gasteiger partial charge is 0.0125 e. The first kappa shape index (κ1) is 14.3. The third kappa shape index (κ3) is 3.69. The monoisotopic (exact) mass is 253 g/mol. The molecule has 0 spiro atoms. The Bertz CT molecular complexity index is 251. The van der Waals surface area contributed by atoms with Crippen molar-refractivity contribution in [2.45, 2.75) is 51.6 Å². The highest BCUT2D eigenvalue weighted by Gasteiger charge is 2.28. The summed E-state index contributed by atoms with van der Waals surface area (Å²) >= 11 is 0. The molecule has 18 heavy (non-hydrogen) atoms. The van der Waals surface area contributed by atoms with Crippen LogP contribution in [0.3, 0.4) is 0 Å². The minimum atomic E-state index is 0.336. The lowest BCUT2D eigenvalue weighted by atomic mass is 10.0. The van der Waals surface area contributed by atoms with E-state index >= 15 is 0 Å². The maximum Gasteiger partial charge on any atom is 0.0125 e. The Morgan fingerprint density at radius 3 is 2.11 bits per heavy atom. The van der Waals surface area contributed by atoms with Gasteiger partial charge in [-0.3, -0.25) is 9.80 Å². The summed E-state index contributed by atoms with van der Waals surface area (Å²) in [4.78, 5) is 7.89. The molecule has 0 atom stereocenters. The molecule has 2 saturated heterocycles. The number of hydrogen-bond donors (Lipinski definition) is 0. The summed E-state index contributed by atoms with van der Waals surface area (Å²) in [6.07, 6.45) is 4.07. The molecule has 0 N–H and O–H groups in total. The normalized spacial score (nSPS) is 27.3. The van der Waals surface area contributed by atoms with Crippen molar-refractivity contribution in [3.63, 3.8) is 0 Å². The predicted octanol–water partition coefficient (Wildman–Crippen LogP) is 1.89. The van der Waals surface area contributed by atoms with Gasteiger partial charge >= 0.3 is 0 Å². The Morgan fingerprint density at radius 2 is 1.50 bits per heavy atom. The van der Waals surface area contributed by atoms with E-state index in [9.17, 15) is 0 Å². The third-order valence-electron chi connectivity index (χ3n) is 4.68. The van der Waals surface area contributed by atoms with E-state index in [0.717, 1.165) is 6.04 Å². The molecule has 0 saturated carbocycles. The molecule has 0 bridgehead atoms. The standard InChI is InChI=1S/C15H31N3/c1-15(2,3)18-9-5-8-17(12-13-18)14-6-10-16(4)11-7-14/h14H,5-13H2,1-4H3. The van der Waals surface area contributed by atoms with E-state index in [0.29, 0.717) is 5.54 Å². The van der Waals surface area contributed by atoms with Gasteiger partial charge in [0.2, 0.25) is 0 Å². The second-order valence-electron chi connectivity index (χ2n) is 7.08. The summed E-state index contributed by atoms with van der Waals surface area (Å²) in [5.41, 5.74) is 0.336. The topological polar surface area (TPSA) is 9.72 Å². The van der Waals surface area contributed by atoms with Crippen molar-refractivity contribution in [3.8, 4) is 0 Å². The van der Waals surface area contributed by atoms with Crippen LogP contribution in [0.15, 0.2) is 0 Å². The van der Waals surface area contributed by atoms with Crippen molar-refractivity contribution in [1.82, 2.24) is 14.7 Å². The number of rotatable bonds is 1. The highest BCUT2D eigenvalue weighted by atomic mass is 15.3. The molecule has 0 radical (unpaired) electrons. The zero-order valence-electron chi connectivity index (χ0n) is 12.8. The zero-order valence-corrected chi connectivity index (χ0v) is 12.8. The molecule has 0 amide bonds. The molecule has 2 fully saturated rings. The second-order valence-corrected chi connectivity index (χ2v) is 7.08. The lowest BCUT2D eigenvalue weighted by molar-refractivity contribution is 0.110. The molecular weight excluding hydrogens is 222 g/mol. The molecule has 0 aromatic heterocycles. The highest BCUT2D eigenvalue weighted by Crippen LogP contribution is 2.20. The van der Waals surface area contributed by atoms with Crippen molar-refractivity contribution in [2.24, 2.45) is 0 Å². The molecule has 3 nitrogen and oxygen atoms in total. The summed E-state index contributed by atoms with van der Waals surface area (Å²) in [5, 5.41) is 0. The molecule has 0 unspecified atom stereocenters. The van der Waals surface area contributed by atoms with Crippen LogP contribution in [-0.4, -0.2) is 72.6 Å². The fourth-order valence-corrected chi connectivity index (χ4v) is 3.33. The van der Waals surface area contributed by atoms with Crippen LogP contribution in [0.25, 0.3) is 0 Å². The van der Waals surface area contributed by atoms with Gasteiger partial charge in [0.15, 0.2) is 0 Å². The van der Waals surface area contributed by atoms with Crippen LogP contribution in [0, 0.1) is 0 Å². The van der Waals surface area contributed by atoms with Crippen LogP contribution >= 0.6 is 0 Å². The average molecular weight is 253 g/mol. The van der Waals surface area contributed by atoms with Gasteiger partial charge in [-0.05, 0) is 73.3 Å². The Kier molecular flexibility index (Phi) is 4.68. The Labute approximate surface area is 113 Å². The number of nitrogens with zero attached hydrogens (tertiary/aromatic N) is 3. The van der Waals surface area contributed by atoms with Crippen LogP contribution < -0.4 is 0 Å². The summed E-state index contributed by atoms with van der Waals surface area (Å²) in [7, 11) is 2.25. The van der Waals surface area contributed by atoms with Crippen LogP contribution in [0.2, 0.25) is 0 Å². The Hall–Kier alpha value is -0.120. The number of hydrogen-bond acceptors (Lipinski definition) is 3. The first-order valence-electron chi connectivity index (χ1n) is 7.64. The van der Waals surface area contributed by atoms with Gasteiger partial charge in [0.05, 0.1) is 0 Å². The molecule has 0 aliphatic carbocycles. The van der Waals surface area contributed by atoms with Gasteiger partial charge in [-0.2, -0.15) is 0 Å². The van der Waals surface area contributed by atoms with Gasteiger partial charge in [0.25, 0.3) is 0 Å². The van der Waals surface area contributed by atoms with E-state index in [1.807, 2.05) is 0 Å². The van der Waals surface area contributed by atoms with Gasteiger partial charge in [0.1, 0.15) is 0 Å². The number of likely N-dealkylation sites (tertiary alicyclic amines) is 1. The summed E-state index contributed by atoms with van der Waals surface area (Å²) in [6.45, 7) is 14.7. The van der Waals surface area contributed by atoms with Gasteiger partial charge in [-0.15, -0.1) is 0 Å². The van der Waals surface area contributed by atoms with E-state index in [2.05, 4.69) is 42.5 Å². The van der Waals surface area contributed by atoms with Crippen molar-refractivity contribution in [1.29, 1.82) is 0 Å². The van der Waals surface area contributed by atoms with Gasteiger partial charge in [-0.25, -0.2) is 0 Å². The molecular formula is C15H31N3. The van der Waals surface area contributed by atoms with E-state index < -0.39 is 0 Å². The lowest BCUT2D eigenvalue weighted by Gasteiger charge is -2.37. The molecule has 2 rings (SSSR count). The largest absolute Gasteiger partial charge is 0.306 e. The van der Waals surface area contributed by atoms with Crippen molar-refractivity contribution < 1.29 is 0 Å². The first-order valence-corrected chi connectivity index (χ1v) is 7.64. The van der Waals surface area contributed by atoms with Crippen LogP contribution in [0.4, 0.5) is 0 Å². The van der Waals surface area contributed by atoms with E-state index in [1.165, 1.54) is 58.5 Å². The van der Waals surface area contributed by atoms with Gasteiger partial charge in [-0.1, -0.05) is 0 Å². The first-order chi connectivity index (χ1) is 8.47. The quantitative estimate of drug-likeness (QED) is 0.706. The van der Waals surface area contributed by atoms with Gasteiger partial charge < -0.3 is 4.90 Å². The van der Waals surface area contributed by atoms with Crippen molar-refractivity contribution >= 4 is 0 Å². The lowest BCUT2D eigenvalue weighted by Crippen LogP contribution is -2.46. The molecule has 106 valence electrons. The van der Waals surface area contributed by atoms with Crippen LogP contribution in [0.5, 0.6) is 0 Å².